The number of benzene rings is 2. The number of carboxylic acids is 1. The zero-order valence-electron chi connectivity index (χ0n) is 23.2. The summed E-state index contributed by atoms with van der Waals surface area (Å²) >= 11 is 12.5. The molecule has 0 aliphatic carbocycles. The second-order valence-electron chi connectivity index (χ2n) is 11.3. The molecule has 2 atom stereocenters. The number of fused-ring (bicyclic) bond motifs is 2. The van der Waals surface area contributed by atoms with Crippen LogP contribution >= 0.6 is 23.2 Å². The highest BCUT2D eigenvalue weighted by molar-refractivity contribution is 6.35. The van der Waals surface area contributed by atoms with Gasteiger partial charge < -0.3 is 19.1 Å². The zero-order chi connectivity index (χ0) is 29.7. The Bertz CT molecular complexity index is 1750. The fraction of sp³-hybridized carbons (Fsp3) is 0.344. The van der Waals surface area contributed by atoms with Gasteiger partial charge in [0.1, 0.15) is 29.0 Å². The fourth-order valence-corrected chi connectivity index (χ4v) is 6.70. The molecule has 7 rings (SSSR count). The quantitative estimate of drug-likeness (QED) is 0.236. The lowest BCUT2D eigenvalue weighted by Crippen LogP contribution is -2.35. The number of hydrogen-bond acceptors (Lipinski definition) is 6. The Morgan fingerprint density at radius 3 is 2.58 bits per heavy atom. The summed E-state index contributed by atoms with van der Waals surface area (Å²) < 4.78 is 29.4. The Morgan fingerprint density at radius 2 is 1.86 bits per heavy atom. The molecule has 2 aromatic carbocycles. The first-order valence-corrected chi connectivity index (χ1v) is 15.2. The number of hydrogen-bond donors (Lipinski definition) is 1. The molecule has 0 saturated carbocycles. The van der Waals surface area contributed by atoms with Crippen molar-refractivity contribution >= 4 is 46.2 Å². The highest BCUT2D eigenvalue weighted by atomic mass is 35.5. The lowest BCUT2D eigenvalue weighted by atomic mass is 9.86. The molecule has 0 spiro atoms. The molecule has 3 aliphatic rings. The topological polar surface area (TPSA) is 89.7 Å². The molecule has 3 aliphatic heterocycles. The molecule has 43 heavy (non-hydrogen) atoms. The van der Waals surface area contributed by atoms with Crippen molar-refractivity contribution in [3.05, 3.63) is 92.9 Å². The second-order valence-corrected chi connectivity index (χ2v) is 12.1. The van der Waals surface area contributed by atoms with E-state index in [9.17, 15) is 9.90 Å². The number of halogens is 3. The molecule has 11 heteroatoms. The lowest BCUT2D eigenvalue weighted by molar-refractivity contribution is -0.0593. The highest BCUT2D eigenvalue weighted by Crippen LogP contribution is 2.45. The molecule has 8 nitrogen and oxygen atoms in total. The summed E-state index contributed by atoms with van der Waals surface area (Å²) in [5.74, 6) is 0.211. The Morgan fingerprint density at radius 1 is 1.05 bits per heavy atom. The summed E-state index contributed by atoms with van der Waals surface area (Å²) in [6, 6.07) is 14.0. The molecule has 5 heterocycles. The van der Waals surface area contributed by atoms with E-state index in [1.165, 1.54) is 12.1 Å². The molecule has 0 radical (unpaired) electrons. The number of pyridine rings is 1. The molecular weight excluding hydrogens is 594 g/mol. The van der Waals surface area contributed by atoms with Gasteiger partial charge in [-0.15, -0.1) is 0 Å². The fourth-order valence-electron chi connectivity index (χ4n) is 6.18. The van der Waals surface area contributed by atoms with Crippen LogP contribution in [0.3, 0.4) is 0 Å². The van der Waals surface area contributed by atoms with Crippen LogP contribution in [0.25, 0.3) is 17.0 Å². The maximum absolute atomic E-state index is 15.3. The monoisotopic (exact) mass is 622 g/mol. The standard InChI is InChI=1S/C32H29Cl2FN4O4/c33-19-4-5-22(24(34)14-19)28-15-25(35)23-3-1-2-21(30(23)43-28)18-8-11-38(12-9-18)17-29-36-26-6-7-27(32(40)41)37-31(26)39(29)16-20-10-13-42-20/h1-7,14-15,18,20,28H,8-13,16-17H2,(H,40,41)/t20-,28-/m0/s1. The number of likely N-dealkylation sites (tertiary alicyclic amines) is 1. The van der Waals surface area contributed by atoms with Gasteiger partial charge in [0.2, 0.25) is 0 Å². The number of para-hydroxylation sites is 1. The minimum atomic E-state index is -1.07. The van der Waals surface area contributed by atoms with Crippen molar-refractivity contribution < 1.29 is 23.8 Å². The summed E-state index contributed by atoms with van der Waals surface area (Å²) in [5, 5.41) is 10.4. The van der Waals surface area contributed by atoms with Crippen LogP contribution in [-0.2, 0) is 17.8 Å². The summed E-state index contributed by atoms with van der Waals surface area (Å²) in [6.07, 6.45) is 3.56. The SMILES string of the molecule is O=C(O)c1ccc2nc(CN3CCC(c4cccc5c4O[C@H](c4ccc(Cl)cc4Cl)C=C5F)CC3)n(C[C@@H]3CCO3)c2n1. The van der Waals surface area contributed by atoms with Crippen molar-refractivity contribution in [3.63, 3.8) is 0 Å². The third-order valence-corrected chi connectivity index (χ3v) is 9.14. The first kappa shape index (κ1) is 28.3. The second kappa shape index (κ2) is 11.5. The minimum absolute atomic E-state index is 0.00388. The molecule has 2 saturated heterocycles. The van der Waals surface area contributed by atoms with E-state index in [2.05, 4.69) is 9.88 Å². The maximum atomic E-state index is 15.3. The van der Waals surface area contributed by atoms with Crippen LogP contribution in [0.4, 0.5) is 4.39 Å². The number of imidazole rings is 1. The average Bonchev–Trinajstić information content (AvgIpc) is 3.31. The number of rotatable bonds is 7. The number of aromatic nitrogens is 3. The first-order chi connectivity index (χ1) is 20.8. The molecule has 2 fully saturated rings. The lowest BCUT2D eigenvalue weighted by Gasteiger charge is -2.34. The molecular formula is C32H29Cl2FN4O4. The molecule has 0 unspecified atom stereocenters. The van der Waals surface area contributed by atoms with Crippen LogP contribution < -0.4 is 4.74 Å². The van der Waals surface area contributed by atoms with E-state index in [0.717, 1.165) is 50.3 Å². The van der Waals surface area contributed by atoms with E-state index in [1.54, 1.807) is 30.3 Å². The smallest absolute Gasteiger partial charge is 0.354 e. The highest BCUT2D eigenvalue weighted by Gasteiger charge is 2.31. The summed E-state index contributed by atoms with van der Waals surface area (Å²) in [5.41, 5.74) is 3.36. The predicted octanol–water partition coefficient (Wildman–Crippen LogP) is 7.05. The Hall–Kier alpha value is -3.50. The van der Waals surface area contributed by atoms with Crippen LogP contribution in [0.5, 0.6) is 5.75 Å². The van der Waals surface area contributed by atoms with Crippen molar-refractivity contribution in [2.75, 3.05) is 19.7 Å². The van der Waals surface area contributed by atoms with E-state index in [4.69, 9.17) is 37.7 Å². The van der Waals surface area contributed by atoms with Gasteiger partial charge in [-0.25, -0.2) is 19.2 Å². The third kappa shape index (κ3) is 5.51. The van der Waals surface area contributed by atoms with Gasteiger partial charge in [0.15, 0.2) is 11.3 Å². The minimum Gasteiger partial charge on any atom is -0.480 e. The molecule has 2 aromatic heterocycles. The largest absolute Gasteiger partial charge is 0.480 e. The molecule has 0 bridgehead atoms. The Balaban J connectivity index is 1.10. The number of nitrogens with zero attached hydrogens (tertiary/aromatic N) is 4. The number of piperidine rings is 1. The molecule has 222 valence electrons. The van der Waals surface area contributed by atoms with Crippen molar-refractivity contribution in [1.82, 2.24) is 19.4 Å². The predicted molar refractivity (Wildman–Crippen MR) is 161 cm³/mol. The van der Waals surface area contributed by atoms with Gasteiger partial charge in [0.25, 0.3) is 0 Å². The van der Waals surface area contributed by atoms with Crippen molar-refractivity contribution in [2.24, 2.45) is 0 Å². The van der Waals surface area contributed by atoms with Gasteiger partial charge >= 0.3 is 5.97 Å². The maximum Gasteiger partial charge on any atom is 0.354 e. The van der Waals surface area contributed by atoms with E-state index in [1.807, 2.05) is 16.7 Å². The van der Waals surface area contributed by atoms with Gasteiger partial charge in [-0.05, 0) is 80.2 Å². The zero-order valence-corrected chi connectivity index (χ0v) is 24.7. The number of carbonyl (C=O) groups is 1. The molecule has 4 aromatic rings. The van der Waals surface area contributed by atoms with Crippen LogP contribution in [0.15, 0.2) is 54.6 Å². The van der Waals surface area contributed by atoms with Crippen LogP contribution in [0.2, 0.25) is 10.0 Å². The van der Waals surface area contributed by atoms with E-state index < -0.39 is 12.1 Å². The number of ether oxygens (including phenoxy) is 2. The van der Waals surface area contributed by atoms with Gasteiger partial charge in [0.05, 0.1) is 24.8 Å². The summed E-state index contributed by atoms with van der Waals surface area (Å²) in [7, 11) is 0. The van der Waals surface area contributed by atoms with Crippen molar-refractivity contribution in [3.8, 4) is 5.75 Å². The van der Waals surface area contributed by atoms with Gasteiger partial charge in [-0.2, -0.15) is 0 Å². The first-order valence-electron chi connectivity index (χ1n) is 14.4. The van der Waals surface area contributed by atoms with E-state index >= 15 is 4.39 Å². The molecule has 1 N–H and O–H groups in total. The van der Waals surface area contributed by atoms with Crippen LogP contribution in [0.1, 0.15) is 64.3 Å². The summed E-state index contributed by atoms with van der Waals surface area (Å²) in [4.78, 5) is 23.2. The summed E-state index contributed by atoms with van der Waals surface area (Å²) in [6.45, 7) is 3.56. The number of aromatic carboxylic acids is 1. The normalized spacial score (nSPS) is 20.8. The van der Waals surface area contributed by atoms with Gasteiger partial charge in [0, 0.05) is 22.2 Å². The third-order valence-electron chi connectivity index (χ3n) is 8.58. The Kier molecular flexibility index (Phi) is 7.59. The number of carboxylic acid groups (broad SMARTS) is 1. The Labute approximate surface area is 257 Å². The van der Waals surface area contributed by atoms with Gasteiger partial charge in [-0.3, -0.25) is 4.90 Å². The average molecular weight is 624 g/mol. The molecule has 0 amide bonds. The van der Waals surface area contributed by atoms with Crippen LogP contribution in [-0.4, -0.2) is 56.3 Å². The van der Waals surface area contributed by atoms with Crippen molar-refractivity contribution in [2.45, 2.75) is 50.5 Å². The van der Waals surface area contributed by atoms with Crippen molar-refractivity contribution in [1.29, 1.82) is 0 Å². The van der Waals surface area contributed by atoms with Crippen LogP contribution in [0, 0.1) is 0 Å². The van der Waals surface area contributed by atoms with E-state index in [0.29, 0.717) is 51.2 Å². The van der Waals surface area contributed by atoms with Gasteiger partial charge in [-0.1, -0.05) is 41.4 Å². The van der Waals surface area contributed by atoms with E-state index in [-0.39, 0.29) is 23.5 Å².